The lowest BCUT2D eigenvalue weighted by Crippen LogP contribution is -2.53. The molecule has 1 fully saturated rings. The highest BCUT2D eigenvalue weighted by molar-refractivity contribution is 5.85. The molecule has 1 amide bonds. The minimum absolute atomic E-state index is 0.0605. The summed E-state index contributed by atoms with van der Waals surface area (Å²) in [5.41, 5.74) is 6.62. The predicted molar refractivity (Wildman–Crippen MR) is 68.1 cm³/mol. The number of carbonyl (C=O) groups excluding carboxylic acids is 1. The Bertz CT molecular complexity index is 424. The van der Waals surface area contributed by atoms with Gasteiger partial charge in [-0.05, 0) is 17.7 Å². The van der Waals surface area contributed by atoms with Crippen molar-refractivity contribution in [2.75, 3.05) is 31.7 Å². The third-order valence-electron chi connectivity index (χ3n) is 3.02. The van der Waals surface area contributed by atoms with Crippen molar-refractivity contribution in [1.82, 2.24) is 10.3 Å². The van der Waals surface area contributed by atoms with E-state index in [1.807, 2.05) is 17.0 Å². The van der Waals surface area contributed by atoms with Gasteiger partial charge < -0.3 is 20.7 Å². The number of nitrogens with zero attached hydrogens (tertiary/aromatic N) is 2. The van der Waals surface area contributed by atoms with Crippen LogP contribution in [0.4, 0.5) is 5.82 Å². The number of nitrogens with one attached hydrogen (secondary N) is 1. The number of ether oxygens (including phenoxy) is 1. The van der Waals surface area contributed by atoms with Crippen LogP contribution in [0.15, 0.2) is 18.3 Å². The molecule has 0 aliphatic carbocycles. The summed E-state index contributed by atoms with van der Waals surface area (Å²) in [7, 11) is 1.62. The zero-order valence-electron chi connectivity index (χ0n) is 10.4. The lowest BCUT2D eigenvalue weighted by atomic mass is 10.2. The van der Waals surface area contributed by atoms with Crippen molar-refractivity contribution in [2.45, 2.75) is 12.6 Å². The fourth-order valence-corrected chi connectivity index (χ4v) is 2.01. The van der Waals surface area contributed by atoms with Crippen LogP contribution in [0.1, 0.15) is 5.56 Å². The first-order valence-corrected chi connectivity index (χ1v) is 5.97. The summed E-state index contributed by atoms with van der Waals surface area (Å²) in [6, 6.07) is 3.46. The van der Waals surface area contributed by atoms with Gasteiger partial charge in [0.15, 0.2) is 0 Å². The number of rotatable bonds is 3. The number of hydrogen-bond donors (Lipinski definition) is 2. The first-order chi connectivity index (χ1) is 8.76. The van der Waals surface area contributed by atoms with Crippen molar-refractivity contribution >= 4 is 11.7 Å². The minimum Gasteiger partial charge on any atom is -0.377 e. The Morgan fingerprint density at radius 2 is 2.56 bits per heavy atom. The Kier molecular flexibility index (Phi) is 4.11. The lowest BCUT2D eigenvalue weighted by molar-refractivity contribution is -0.124. The summed E-state index contributed by atoms with van der Waals surface area (Å²) in [6.45, 7) is 2.10. The molecular weight excluding hydrogens is 232 g/mol. The van der Waals surface area contributed by atoms with Gasteiger partial charge in [-0.25, -0.2) is 4.98 Å². The average Bonchev–Trinajstić information content (AvgIpc) is 2.46. The van der Waals surface area contributed by atoms with E-state index in [-0.39, 0.29) is 11.9 Å². The number of morpholine rings is 1. The molecule has 2 heterocycles. The molecule has 1 aliphatic heterocycles. The maximum Gasteiger partial charge on any atom is 0.244 e. The number of carbonyl (C=O) groups is 1. The summed E-state index contributed by atoms with van der Waals surface area (Å²) in [5.74, 6) is 0.713. The monoisotopic (exact) mass is 250 g/mol. The number of hydrogen-bond acceptors (Lipinski definition) is 5. The third-order valence-corrected chi connectivity index (χ3v) is 3.02. The van der Waals surface area contributed by atoms with Crippen LogP contribution in [0.3, 0.4) is 0 Å². The van der Waals surface area contributed by atoms with Crippen molar-refractivity contribution in [3.05, 3.63) is 23.9 Å². The van der Waals surface area contributed by atoms with Gasteiger partial charge in [-0.15, -0.1) is 0 Å². The Morgan fingerprint density at radius 1 is 1.72 bits per heavy atom. The Labute approximate surface area is 106 Å². The summed E-state index contributed by atoms with van der Waals surface area (Å²) < 4.78 is 5.36. The van der Waals surface area contributed by atoms with Crippen molar-refractivity contribution in [3.63, 3.8) is 0 Å². The standard InChI is InChI=1S/C12H18N4O2/c1-14-12(17)10-8-18-5-4-16(10)11-6-9(7-13)2-3-15-11/h2-3,6,10H,4-5,7-8,13H2,1H3,(H,14,17). The van der Waals surface area contributed by atoms with E-state index in [0.29, 0.717) is 26.3 Å². The largest absolute Gasteiger partial charge is 0.377 e. The average molecular weight is 250 g/mol. The van der Waals surface area contributed by atoms with Crippen molar-refractivity contribution in [1.29, 1.82) is 0 Å². The van der Waals surface area contributed by atoms with Crippen molar-refractivity contribution < 1.29 is 9.53 Å². The smallest absolute Gasteiger partial charge is 0.244 e. The predicted octanol–water partition coefficient (Wildman–Crippen LogP) is -0.508. The molecule has 1 aromatic heterocycles. The van der Waals surface area contributed by atoms with E-state index in [1.54, 1.807) is 13.2 Å². The minimum atomic E-state index is -0.329. The van der Waals surface area contributed by atoms with Gasteiger partial charge in [0.05, 0.1) is 13.2 Å². The van der Waals surface area contributed by atoms with Crippen LogP contribution in [0.5, 0.6) is 0 Å². The topological polar surface area (TPSA) is 80.5 Å². The molecule has 3 N–H and O–H groups in total. The SMILES string of the molecule is CNC(=O)C1COCCN1c1cc(CN)ccn1. The zero-order valence-corrected chi connectivity index (χ0v) is 10.4. The van der Waals surface area contributed by atoms with E-state index in [9.17, 15) is 4.79 Å². The zero-order chi connectivity index (χ0) is 13.0. The fraction of sp³-hybridized carbons (Fsp3) is 0.500. The molecule has 18 heavy (non-hydrogen) atoms. The van der Waals surface area contributed by atoms with E-state index in [1.165, 1.54) is 0 Å². The van der Waals surface area contributed by atoms with Crippen LogP contribution >= 0.6 is 0 Å². The molecule has 0 aromatic carbocycles. The lowest BCUT2D eigenvalue weighted by Gasteiger charge is -2.35. The van der Waals surface area contributed by atoms with Gasteiger partial charge in [-0.2, -0.15) is 0 Å². The van der Waals surface area contributed by atoms with Gasteiger partial charge in [0, 0.05) is 26.3 Å². The van der Waals surface area contributed by atoms with Gasteiger partial charge in [-0.3, -0.25) is 4.79 Å². The Hall–Kier alpha value is -1.66. The van der Waals surface area contributed by atoms with E-state index < -0.39 is 0 Å². The highest BCUT2D eigenvalue weighted by Gasteiger charge is 2.29. The van der Waals surface area contributed by atoms with Gasteiger partial charge in [0.1, 0.15) is 11.9 Å². The van der Waals surface area contributed by atoms with Crippen LogP contribution in [0, 0.1) is 0 Å². The summed E-state index contributed by atoms with van der Waals surface area (Å²) in [6.07, 6.45) is 1.72. The first kappa shape index (κ1) is 12.8. The second-order valence-corrected chi connectivity index (χ2v) is 4.12. The van der Waals surface area contributed by atoms with E-state index in [4.69, 9.17) is 10.5 Å². The fourth-order valence-electron chi connectivity index (χ4n) is 2.01. The highest BCUT2D eigenvalue weighted by Crippen LogP contribution is 2.18. The molecular formula is C12H18N4O2. The number of anilines is 1. The number of likely N-dealkylation sites (N-methyl/N-ethyl adjacent to an activating group) is 1. The van der Waals surface area contributed by atoms with Gasteiger partial charge in [-0.1, -0.05) is 0 Å². The second kappa shape index (κ2) is 5.79. The van der Waals surface area contributed by atoms with Crippen LogP contribution in [-0.4, -0.2) is 43.7 Å². The number of pyridine rings is 1. The van der Waals surface area contributed by atoms with Crippen LogP contribution in [-0.2, 0) is 16.1 Å². The molecule has 1 aromatic rings. The molecule has 1 saturated heterocycles. The summed E-state index contributed by atoms with van der Waals surface area (Å²) in [4.78, 5) is 18.1. The Morgan fingerprint density at radius 3 is 3.28 bits per heavy atom. The van der Waals surface area contributed by atoms with Gasteiger partial charge >= 0.3 is 0 Å². The third kappa shape index (κ3) is 2.60. The van der Waals surface area contributed by atoms with Crippen molar-refractivity contribution in [2.24, 2.45) is 5.73 Å². The normalized spacial score (nSPS) is 19.7. The molecule has 98 valence electrons. The molecule has 1 unspecified atom stereocenters. The Balaban J connectivity index is 2.24. The quantitative estimate of drug-likeness (QED) is 0.755. The maximum atomic E-state index is 11.8. The first-order valence-electron chi connectivity index (χ1n) is 5.97. The second-order valence-electron chi connectivity index (χ2n) is 4.12. The molecule has 6 heteroatoms. The molecule has 1 atom stereocenters. The molecule has 0 spiro atoms. The molecule has 2 rings (SSSR count). The summed E-state index contributed by atoms with van der Waals surface area (Å²) >= 11 is 0. The van der Waals surface area contributed by atoms with E-state index in [2.05, 4.69) is 10.3 Å². The number of nitrogens with two attached hydrogens (primary N) is 1. The number of aromatic nitrogens is 1. The van der Waals surface area contributed by atoms with E-state index >= 15 is 0 Å². The van der Waals surface area contributed by atoms with Crippen LogP contribution < -0.4 is 16.0 Å². The molecule has 6 nitrogen and oxygen atoms in total. The molecule has 0 bridgehead atoms. The van der Waals surface area contributed by atoms with Crippen LogP contribution in [0.2, 0.25) is 0 Å². The van der Waals surface area contributed by atoms with E-state index in [0.717, 1.165) is 11.4 Å². The maximum absolute atomic E-state index is 11.8. The van der Waals surface area contributed by atoms with Gasteiger partial charge in [0.25, 0.3) is 0 Å². The van der Waals surface area contributed by atoms with Gasteiger partial charge in [0.2, 0.25) is 5.91 Å². The molecule has 0 saturated carbocycles. The molecule has 1 aliphatic rings. The number of amides is 1. The van der Waals surface area contributed by atoms with Crippen LogP contribution in [0.25, 0.3) is 0 Å². The molecule has 0 radical (unpaired) electrons. The summed E-state index contributed by atoms with van der Waals surface area (Å²) in [5, 5.41) is 2.65. The highest BCUT2D eigenvalue weighted by atomic mass is 16.5. The van der Waals surface area contributed by atoms with Crippen molar-refractivity contribution in [3.8, 4) is 0 Å².